The second kappa shape index (κ2) is 7.91. The maximum absolute atomic E-state index is 13.6. The predicted molar refractivity (Wildman–Crippen MR) is 75.1 cm³/mol. The fourth-order valence-electron chi connectivity index (χ4n) is 1.82. The number of halogens is 5. The molecule has 0 saturated carbocycles. The highest BCUT2D eigenvalue weighted by atomic mass is 19.2. The van der Waals surface area contributed by atoms with E-state index >= 15 is 0 Å². The zero-order valence-electron chi connectivity index (χ0n) is 12.9. The van der Waals surface area contributed by atoms with Crippen molar-refractivity contribution in [1.29, 1.82) is 0 Å². The van der Waals surface area contributed by atoms with Gasteiger partial charge in [0.05, 0.1) is 0 Å². The van der Waals surface area contributed by atoms with Gasteiger partial charge in [-0.05, 0) is 12.1 Å². The van der Waals surface area contributed by atoms with Gasteiger partial charge in [0.2, 0.25) is 5.82 Å². The second-order valence-electron chi connectivity index (χ2n) is 4.72. The van der Waals surface area contributed by atoms with Crippen molar-refractivity contribution in [3.05, 3.63) is 58.9 Å². The SMILES string of the molecule is COCC(=O)Oc1cccc(OC(=O)c2c(F)c(F)c(F)c(F)c2F)c1. The molecular weight excluding hydrogens is 367 g/mol. The summed E-state index contributed by atoms with van der Waals surface area (Å²) in [5.74, 6) is -14.7. The van der Waals surface area contributed by atoms with Gasteiger partial charge in [-0.15, -0.1) is 0 Å². The highest BCUT2D eigenvalue weighted by molar-refractivity contribution is 5.91. The first kappa shape index (κ1) is 19.3. The number of methoxy groups -OCH3 is 1. The van der Waals surface area contributed by atoms with Gasteiger partial charge in [0.15, 0.2) is 23.3 Å². The van der Waals surface area contributed by atoms with Crippen LogP contribution in [0.2, 0.25) is 0 Å². The van der Waals surface area contributed by atoms with Crippen LogP contribution in [0.4, 0.5) is 22.0 Å². The first-order chi connectivity index (χ1) is 12.3. The Hall–Kier alpha value is -3.01. The van der Waals surface area contributed by atoms with Gasteiger partial charge in [0.1, 0.15) is 23.7 Å². The molecular formula is C16H9F5O5. The molecule has 0 atom stereocenters. The molecule has 10 heteroatoms. The number of esters is 2. The van der Waals surface area contributed by atoms with E-state index < -0.39 is 46.6 Å². The molecule has 26 heavy (non-hydrogen) atoms. The minimum atomic E-state index is -2.40. The standard InChI is InChI=1S/C16H9F5O5/c1-24-6-9(22)25-7-3-2-4-8(5-7)26-16(23)10-11(17)13(19)15(21)14(20)12(10)18/h2-5H,6H2,1H3. The third-order valence-electron chi connectivity index (χ3n) is 2.92. The Morgan fingerprint density at radius 3 is 1.88 bits per heavy atom. The molecule has 5 nitrogen and oxygen atoms in total. The van der Waals surface area contributed by atoms with Crippen LogP contribution >= 0.6 is 0 Å². The van der Waals surface area contributed by atoms with Gasteiger partial charge in [-0.2, -0.15) is 0 Å². The highest BCUT2D eigenvalue weighted by Gasteiger charge is 2.31. The van der Waals surface area contributed by atoms with Crippen molar-refractivity contribution in [2.75, 3.05) is 13.7 Å². The van der Waals surface area contributed by atoms with E-state index in [0.717, 1.165) is 12.1 Å². The molecule has 2 aromatic carbocycles. The second-order valence-corrected chi connectivity index (χ2v) is 4.72. The number of hydrogen-bond donors (Lipinski definition) is 0. The number of rotatable bonds is 5. The summed E-state index contributed by atoms with van der Waals surface area (Å²) in [5.41, 5.74) is -1.75. The van der Waals surface area contributed by atoms with Gasteiger partial charge >= 0.3 is 11.9 Å². The Labute approximate surface area is 142 Å². The average Bonchev–Trinajstić information content (AvgIpc) is 2.59. The molecule has 0 aliphatic carbocycles. The summed E-state index contributed by atoms with van der Waals surface area (Å²) < 4.78 is 80.4. The molecule has 0 fully saturated rings. The number of carbonyl (C=O) groups excluding carboxylic acids is 2. The fraction of sp³-hybridized carbons (Fsp3) is 0.125. The molecule has 0 unspecified atom stereocenters. The van der Waals surface area contributed by atoms with Crippen LogP contribution in [-0.4, -0.2) is 25.7 Å². The molecule has 2 rings (SSSR count). The van der Waals surface area contributed by atoms with Crippen molar-refractivity contribution in [2.24, 2.45) is 0 Å². The zero-order chi connectivity index (χ0) is 19.4. The van der Waals surface area contributed by atoms with Crippen molar-refractivity contribution in [3.63, 3.8) is 0 Å². The lowest BCUT2D eigenvalue weighted by Gasteiger charge is -2.09. The molecule has 0 N–H and O–H groups in total. The van der Waals surface area contributed by atoms with Crippen LogP contribution in [0.15, 0.2) is 24.3 Å². The number of benzene rings is 2. The molecule has 0 amide bonds. The topological polar surface area (TPSA) is 61.8 Å². The Bertz CT molecular complexity index is 839. The minimum absolute atomic E-state index is 0.102. The summed E-state index contributed by atoms with van der Waals surface area (Å²) in [6.45, 7) is -0.366. The Morgan fingerprint density at radius 1 is 0.846 bits per heavy atom. The molecule has 0 aliphatic heterocycles. The van der Waals surface area contributed by atoms with Crippen molar-refractivity contribution >= 4 is 11.9 Å². The average molecular weight is 376 g/mol. The minimum Gasteiger partial charge on any atom is -0.425 e. The summed E-state index contributed by atoms with van der Waals surface area (Å²) in [5, 5.41) is 0. The van der Waals surface area contributed by atoms with E-state index in [1.165, 1.54) is 19.2 Å². The molecule has 0 spiro atoms. The van der Waals surface area contributed by atoms with E-state index in [1.807, 2.05) is 0 Å². The van der Waals surface area contributed by atoms with Crippen molar-refractivity contribution < 1.29 is 45.8 Å². The van der Waals surface area contributed by atoms with Crippen LogP contribution < -0.4 is 9.47 Å². The summed E-state index contributed by atoms with van der Waals surface area (Å²) in [4.78, 5) is 23.1. The quantitative estimate of drug-likeness (QED) is 0.264. The summed E-state index contributed by atoms with van der Waals surface area (Å²) >= 11 is 0. The van der Waals surface area contributed by atoms with Crippen molar-refractivity contribution in [3.8, 4) is 11.5 Å². The van der Waals surface area contributed by atoms with Crippen molar-refractivity contribution in [2.45, 2.75) is 0 Å². The number of carbonyl (C=O) groups is 2. The highest BCUT2D eigenvalue weighted by Crippen LogP contribution is 2.26. The number of ether oxygens (including phenoxy) is 3. The van der Waals surface area contributed by atoms with Crippen LogP contribution in [0.5, 0.6) is 11.5 Å². The molecule has 0 radical (unpaired) electrons. The zero-order valence-corrected chi connectivity index (χ0v) is 12.9. The molecule has 0 aliphatic rings. The lowest BCUT2D eigenvalue weighted by atomic mass is 10.1. The van der Waals surface area contributed by atoms with Gasteiger partial charge in [-0.3, -0.25) is 0 Å². The summed E-state index contributed by atoms with van der Waals surface area (Å²) in [6.07, 6.45) is 0. The molecule has 0 heterocycles. The van der Waals surface area contributed by atoms with Crippen LogP contribution in [0.25, 0.3) is 0 Å². The lowest BCUT2D eigenvalue weighted by Crippen LogP contribution is -2.17. The lowest BCUT2D eigenvalue weighted by molar-refractivity contribution is -0.138. The Kier molecular flexibility index (Phi) is 5.88. The van der Waals surface area contributed by atoms with Crippen molar-refractivity contribution in [1.82, 2.24) is 0 Å². The predicted octanol–water partition coefficient (Wildman–Crippen LogP) is 3.15. The van der Waals surface area contributed by atoms with E-state index in [0.29, 0.717) is 0 Å². The van der Waals surface area contributed by atoms with E-state index in [2.05, 4.69) is 9.47 Å². The van der Waals surface area contributed by atoms with Gasteiger partial charge in [-0.1, -0.05) is 6.07 Å². The summed E-state index contributed by atoms with van der Waals surface area (Å²) in [6, 6.07) is 4.69. The maximum Gasteiger partial charge on any atom is 0.349 e. The molecule has 2 aromatic rings. The van der Waals surface area contributed by atoms with E-state index in [-0.39, 0.29) is 18.1 Å². The molecule has 0 aromatic heterocycles. The smallest absolute Gasteiger partial charge is 0.349 e. The first-order valence-corrected chi connectivity index (χ1v) is 6.79. The van der Waals surface area contributed by atoms with E-state index in [9.17, 15) is 31.5 Å². The molecule has 0 saturated heterocycles. The van der Waals surface area contributed by atoms with Crippen LogP contribution in [0, 0.1) is 29.1 Å². The third kappa shape index (κ3) is 3.97. The largest absolute Gasteiger partial charge is 0.425 e. The number of hydrogen-bond acceptors (Lipinski definition) is 5. The van der Waals surface area contributed by atoms with Gasteiger partial charge in [-0.25, -0.2) is 31.5 Å². The van der Waals surface area contributed by atoms with Crippen LogP contribution in [0.1, 0.15) is 10.4 Å². The van der Waals surface area contributed by atoms with E-state index in [4.69, 9.17) is 4.74 Å². The monoisotopic (exact) mass is 376 g/mol. The normalized spacial score (nSPS) is 10.5. The molecule has 138 valence electrons. The van der Waals surface area contributed by atoms with E-state index in [1.54, 1.807) is 0 Å². The van der Waals surface area contributed by atoms with Gasteiger partial charge in [0.25, 0.3) is 0 Å². The molecule has 0 bridgehead atoms. The Balaban J connectivity index is 2.28. The van der Waals surface area contributed by atoms with Crippen LogP contribution in [0.3, 0.4) is 0 Å². The maximum atomic E-state index is 13.6. The van der Waals surface area contributed by atoms with Gasteiger partial charge < -0.3 is 14.2 Å². The van der Waals surface area contributed by atoms with Crippen LogP contribution in [-0.2, 0) is 9.53 Å². The van der Waals surface area contributed by atoms with Gasteiger partial charge in [0, 0.05) is 13.2 Å². The fourth-order valence-corrected chi connectivity index (χ4v) is 1.82. The third-order valence-corrected chi connectivity index (χ3v) is 2.92. The summed E-state index contributed by atoms with van der Waals surface area (Å²) in [7, 11) is 1.25. The Morgan fingerprint density at radius 2 is 1.35 bits per heavy atom. The first-order valence-electron chi connectivity index (χ1n) is 6.79.